The van der Waals surface area contributed by atoms with Gasteiger partial charge >= 0.3 is 23.9 Å². The summed E-state index contributed by atoms with van der Waals surface area (Å²) in [6.07, 6.45) is 0. The number of cyclic esters (lactones) is 4. The highest BCUT2D eigenvalue weighted by Crippen LogP contribution is 2.33. The molecule has 74 valence electrons. The van der Waals surface area contributed by atoms with Crippen molar-refractivity contribution in [3.05, 3.63) is 22.6 Å². The molecule has 2 aliphatic heterocycles. The average Bonchev–Trinajstić information content (AvgIpc) is 2.43. The second kappa shape index (κ2) is 2.14. The lowest BCUT2D eigenvalue weighted by Gasteiger charge is -2.10. The van der Waals surface area contributed by atoms with Crippen molar-refractivity contribution in [2.75, 3.05) is 0 Å². The molecule has 3 heterocycles. The fourth-order valence-corrected chi connectivity index (χ4v) is 1.47. The number of rotatable bonds is 0. The van der Waals surface area contributed by atoms with Crippen LogP contribution in [0.15, 0.2) is 4.42 Å². The topological polar surface area (TPSA) is 99.9 Å². The van der Waals surface area contributed by atoms with Gasteiger partial charge in [-0.15, -0.1) is 0 Å². The first-order valence-electron chi connectivity index (χ1n) is 3.79. The Morgan fingerprint density at radius 3 is 1.40 bits per heavy atom. The van der Waals surface area contributed by atoms with E-state index in [4.69, 9.17) is 4.42 Å². The Morgan fingerprint density at radius 1 is 0.600 bits per heavy atom. The van der Waals surface area contributed by atoms with Gasteiger partial charge in [-0.25, -0.2) is 19.2 Å². The molecule has 2 aliphatic rings. The zero-order valence-corrected chi connectivity index (χ0v) is 6.86. The molecule has 0 atom stereocenters. The fourth-order valence-electron chi connectivity index (χ4n) is 1.47. The first-order chi connectivity index (χ1) is 7.09. The highest BCUT2D eigenvalue weighted by Gasteiger charge is 2.47. The third-order valence-corrected chi connectivity index (χ3v) is 2.06. The number of esters is 4. The Labute approximate surface area is 80.5 Å². The molecule has 4 bridgehead atoms. The molecule has 0 amide bonds. The van der Waals surface area contributed by atoms with Crippen LogP contribution < -0.4 is 0 Å². The standard InChI is InChI=1S/C8O7/c9-5-1-2-4(8(12)14-5)13-3(1)7(11)15-6(2)10. The van der Waals surface area contributed by atoms with Gasteiger partial charge in [0.05, 0.1) is 0 Å². The van der Waals surface area contributed by atoms with Crippen molar-refractivity contribution in [1.29, 1.82) is 0 Å². The van der Waals surface area contributed by atoms with Gasteiger partial charge in [0.2, 0.25) is 11.5 Å². The third kappa shape index (κ3) is 0.749. The third-order valence-electron chi connectivity index (χ3n) is 2.06. The minimum atomic E-state index is -1.10. The zero-order chi connectivity index (χ0) is 10.7. The Hall–Kier alpha value is -2.44. The molecule has 7 nitrogen and oxygen atoms in total. The minimum absolute atomic E-state index is 0.328. The molecule has 1 aromatic rings. The summed E-state index contributed by atoms with van der Waals surface area (Å²) in [5.74, 6) is -5.26. The van der Waals surface area contributed by atoms with Crippen molar-refractivity contribution in [3.63, 3.8) is 0 Å². The van der Waals surface area contributed by atoms with Gasteiger partial charge in [-0.05, 0) is 0 Å². The lowest BCUT2D eigenvalue weighted by molar-refractivity contribution is 0.0308. The van der Waals surface area contributed by atoms with Crippen LogP contribution >= 0.6 is 0 Å². The highest BCUT2D eigenvalue weighted by molar-refractivity contribution is 6.24. The van der Waals surface area contributed by atoms with Crippen molar-refractivity contribution < 1.29 is 33.1 Å². The minimum Gasteiger partial charge on any atom is -0.440 e. The molecule has 0 unspecified atom stereocenters. The maximum Gasteiger partial charge on any atom is 0.383 e. The van der Waals surface area contributed by atoms with Crippen molar-refractivity contribution >= 4 is 23.9 Å². The summed E-state index contributed by atoms with van der Waals surface area (Å²) >= 11 is 0. The molecule has 0 radical (unpaired) electrons. The summed E-state index contributed by atoms with van der Waals surface area (Å²) in [6.45, 7) is 0. The molecule has 0 fully saturated rings. The first-order valence-corrected chi connectivity index (χ1v) is 3.79. The van der Waals surface area contributed by atoms with E-state index in [1.54, 1.807) is 0 Å². The van der Waals surface area contributed by atoms with Crippen LogP contribution in [-0.4, -0.2) is 23.9 Å². The van der Waals surface area contributed by atoms with Crippen molar-refractivity contribution in [3.8, 4) is 0 Å². The Bertz CT molecular complexity index is 513. The van der Waals surface area contributed by atoms with E-state index in [1.807, 2.05) is 0 Å². The molecule has 0 saturated heterocycles. The van der Waals surface area contributed by atoms with Gasteiger partial charge in [0, 0.05) is 0 Å². The fraction of sp³-hybridized carbons (Fsp3) is 0. The summed E-state index contributed by atoms with van der Waals surface area (Å²) in [7, 11) is 0. The molecule has 0 saturated carbocycles. The van der Waals surface area contributed by atoms with Crippen LogP contribution in [-0.2, 0) is 9.47 Å². The molecule has 7 heteroatoms. The Kier molecular flexibility index (Phi) is 1.13. The van der Waals surface area contributed by atoms with Crippen molar-refractivity contribution in [2.24, 2.45) is 0 Å². The number of ether oxygens (including phenoxy) is 2. The number of carbonyl (C=O) groups is 4. The molecule has 15 heavy (non-hydrogen) atoms. The average molecular weight is 208 g/mol. The monoisotopic (exact) mass is 208 g/mol. The van der Waals surface area contributed by atoms with E-state index < -0.39 is 35.4 Å². The van der Waals surface area contributed by atoms with Crippen LogP contribution in [0.4, 0.5) is 0 Å². The summed E-state index contributed by atoms with van der Waals surface area (Å²) in [6, 6.07) is 0. The van der Waals surface area contributed by atoms with Crippen LogP contribution in [0.5, 0.6) is 0 Å². The Morgan fingerprint density at radius 2 is 1.00 bits per heavy atom. The second-order valence-corrected chi connectivity index (χ2v) is 2.86. The molecule has 0 aliphatic carbocycles. The van der Waals surface area contributed by atoms with E-state index in [9.17, 15) is 19.2 Å². The van der Waals surface area contributed by atoms with Crippen LogP contribution in [0.1, 0.15) is 41.8 Å². The zero-order valence-electron chi connectivity index (χ0n) is 6.86. The number of carbonyl (C=O) groups excluding carboxylic acids is 4. The van der Waals surface area contributed by atoms with Gasteiger partial charge in [-0.1, -0.05) is 0 Å². The number of hydrogen-bond donors (Lipinski definition) is 0. The van der Waals surface area contributed by atoms with Gasteiger partial charge in [-0.3, -0.25) is 0 Å². The summed E-state index contributed by atoms with van der Waals surface area (Å²) < 4.78 is 13.2. The largest absolute Gasteiger partial charge is 0.440 e. The van der Waals surface area contributed by atoms with E-state index in [1.165, 1.54) is 0 Å². The molecular formula is C8O7. The van der Waals surface area contributed by atoms with E-state index in [0.717, 1.165) is 0 Å². The normalized spacial score (nSPS) is 17.6. The van der Waals surface area contributed by atoms with E-state index in [-0.39, 0.29) is 11.1 Å². The molecule has 3 rings (SSSR count). The van der Waals surface area contributed by atoms with E-state index in [0.29, 0.717) is 0 Å². The quantitative estimate of drug-likeness (QED) is 0.433. The first kappa shape index (κ1) is 7.92. The predicted octanol–water partition coefficient (Wildman–Crippen LogP) is -0.0992. The smallest absolute Gasteiger partial charge is 0.383 e. The van der Waals surface area contributed by atoms with Crippen LogP contribution in [0.25, 0.3) is 0 Å². The molecule has 0 spiro atoms. The number of hydrogen-bond acceptors (Lipinski definition) is 7. The summed E-state index contributed by atoms with van der Waals surface area (Å²) in [4.78, 5) is 44.6. The molecule has 1 aromatic heterocycles. The molecular weight excluding hydrogens is 208 g/mol. The lowest BCUT2D eigenvalue weighted by Crippen LogP contribution is -2.28. The van der Waals surface area contributed by atoms with Gasteiger partial charge < -0.3 is 13.9 Å². The van der Waals surface area contributed by atoms with Crippen molar-refractivity contribution in [2.45, 2.75) is 0 Å². The van der Waals surface area contributed by atoms with Gasteiger partial charge in [0.25, 0.3) is 0 Å². The van der Waals surface area contributed by atoms with Crippen LogP contribution in [0.3, 0.4) is 0 Å². The molecule has 0 N–H and O–H groups in total. The predicted molar refractivity (Wildman–Crippen MR) is 38.2 cm³/mol. The maximum absolute atomic E-state index is 11.2. The second-order valence-electron chi connectivity index (χ2n) is 2.86. The Balaban J connectivity index is 2.46. The maximum atomic E-state index is 11.2. The van der Waals surface area contributed by atoms with Crippen molar-refractivity contribution in [1.82, 2.24) is 0 Å². The van der Waals surface area contributed by atoms with E-state index in [2.05, 4.69) is 9.47 Å². The van der Waals surface area contributed by atoms with Gasteiger partial charge in [-0.2, -0.15) is 0 Å². The van der Waals surface area contributed by atoms with Crippen LogP contribution in [0.2, 0.25) is 0 Å². The lowest BCUT2D eigenvalue weighted by atomic mass is 10.0. The van der Waals surface area contributed by atoms with Crippen LogP contribution in [0, 0.1) is 0 Å². The van der Waals surface area contributed by atoms with Gasteiger partial charge in [0.15, 0.2) is 0 Å². The molecule has 0 aromatic carbocycles. The van der Waals surface area contributed by atoms with E-state index >= 15 is 0 Å². The summed E-state index contributed by atoms with van der Waals surface area (Å²) in [5, 5.41) is 0. The highest BCUT2D eigenvalue weighted by atomic mass is 16.6. The summed E-state index contributed by atoms with van der Waals surface area (Å²) in [5.41, 5.74) is -0.656. The number of furan rings is 1. The SMILES string of the molecule is O=C1OC(=O)c2c3oc1c2C(=O)OC3=O. The van der Waals surface area contributed by atoms with Gasteiger partial charge in [0.1, 0.15) is 11.1 Å².